The van der Waals surface area contributed by atoms with Crippen molar-refractivity contribution in [1.29, 1.82) is 0 Å². The maximum Gasteiger partial charge on any atom is 0.233 e. The lowest BCUT2D eigenvalue weighted by molar-refractivity contribution is -0.129. The molecular formula is C19H23N5O3S2. The highest BCUT2D eigenvalue weighted by atomic mass is 32.2. The largest absolute Gasteiger partial charge is 0.338 e. The minimum absolute atomic E-state index is 0.0534. The zero-order chi connectivity index (χ0) is 20.6. The summed E-state index contributed by atoms with van der Waals surface area (Å²) < 4.78 is 25.6. The standard InChI is InChI=1S/C19H23N5O3S2/c1-3-23(13-9-10-29(26,27)12-13)16(25)11-28-19-20-18-17(21-22-19)14-7-5-6-8-15(14)24(18)4-2/h5-8,13H,3-4,9-12H2,1-2H3/t13-/m1/s1. The molecule has 1 saturated heterocycles. The highest BCUT2D eigenvalue weighted by Crippen LogP contribution is 2.27. The van der Waals surface area contributed by atoms with Gasteiger partial charge in [0.15, 0.2) is 15.5 Å². The maximum absolute atomic E-state index is 12.7. The Hall–Kier alpha value is -2.20. The molecular weight excluding hydrogens is 410 g/mol. The summed E-state index contributed by atoms with van der Waals surface area (Å²) in [4.78, 5) is 19.0. The predicted molar refractivity (Wildman–Crippen MR) is 114 cm³/mol. The number of amides is 1. The van der Waals surface area contributed by atoms with Crippen molar-refractivity contribution in [2.75, 3.05) is 23.8 Å². The van der Waals surface area contributed by atoms with Crippen LogP contribution < -0.4 is 0 Å². The van der Waals surface area contributed by atoms with E-state index in [-0.39, 0.29) is 29.2 Å². The first-order valence-corrected chi connectivity index (χ1v) is 12.5. The third-order valence-corrected chi connectivity index (χ3v) is 7.88. The first-order valence-electron chi connectivity index (χ1n) is 9.68. The highest BCUT2D eigenvalue weighted by Gasteiger charge is 2.33. The molecule has 1 aliphatic heterocycles. The van der Waals surface area contributed by atoms with Crippen LogP contribution in [-0.2, 0) is 21.2 Å². The molecule has 0 unspecified atom stereocenters. The van der Waals surface area contributed by atoms with Crippen LogP contribution in [0.1, 0.15) is 20.3 Å². The maximum atomic E-state index is 12.7. The number of rotatable bonds is 6. The van der Waals surface area contributed by atoms with E-state index >= 15 is 0 Å². The fourth-order valence-corrected chi connectivity index (χ4v) is 6.34. The number of nitrogens with zero attached hydrogens (tertiary/aromatic N) is 5. The molecule has 1 fully saturated rings. The first kappa shape index (κ1) is 20.1. The molecule has 3 aromatic rings. The van der Waals surface area contributed by atoms with Gasteiger partial charge in [0.05, 0.1) is 22.8 Å². The second-order valence-electron chi connectivity index (χ2n) is 7.05. The molecule has 0 radical (unpaired) electrons. The minimum atomic E-state index is -3.03. The quantitative estimate of drug-likeness (QED) is 0.549. The van der Waals surface area contributed by atoms with Crippen LogP contribution in [0.2, 0.25) is 0 Å². The number of aryl methyl sites for hydroxylation is 1. The van der Waals surface area contributed by atoms with Gasteiger partial charge in [-0.25, -0.2) is 13.4 Å². The van der Waals surface area contributed by atoms with Crippen molar-refractivity contribution in [2.24, 2.45) is 0 Å². The van der Waals surface area contributed by atoms with E-state index in [0.717, 1.165) is 28.6 Å². The number of aromatic nitrogens is 4. The Bertz CT molecular complexity index is 1180. The molecule has 3 heterocycles. The zero-order valence-electron chi connectivity index (χ0n) is 16.4. The number of carbonyl (C=O) groups is 1. The average Bonchev–Trinajstić information content (AvgIpc) is 3.23. The Morgan fingerprint density at radius 2 is 2.07 bits per heavy atom. The van der Waals surface area contributed by atoms with Crippen LogP contribution in [0.5, 0.6) is 0 Å². The van der Waals surface area contributed by atoms with Crippen LogP contribution >= 0.6 is 11.8 Å². The van der Waals surface area contributed by atoms with Gasteiger partial charge < -0.3 is 9.47 Å². The number of para-hydroxylation sites is 1. The van der Waals surface area contributed by atoms with E-state index in [1.54, 1.807) is 4.90 Å². The van der Waals surface area contributed by atoms with Crippen molar-refractivity contribution in [3.05, 3.63) is 24.3 Å². The van der Waals surface area contributed by atoms with Crippen LogP contribution in [0.4, 0.5) is 0 Å². The minimum Gasteiger partial charge on any atom is -0.338 e. The van der Waals surface area contributed by atoms with Crippen LogP contribution in [-0.4, -0.2) is 68.8 Å². The van der Waals surface area contributed by atoms with E-state index in [0.29, 0.717) is 18.1 Å². The van der Waals surface area contributed by atoms with Gasteiger partial charge in [-0.2, -0.15) is 0 Å². The van der Waals surface area contributed by atoms with Gasteiger partial charge in [-0.15, -0.1) is 10.2 Å². The van der Waals surface area contributed by atoms with Crippen molar-refractivity contribution in [3.8, 4) is 0 Å². The Balaban J connectivity index is 1.53. The number of sulfone groups is 1. The second kappa shape index (κ2) is 7.91. The fraction of sp³-hybridized carbons (Fsp3) is 0.474. The van der Waals surface area contributed by atoms with Gasteiger partial charge in [0.1, 0.15) is 5.52 Å². The van der Waals surface area contributed by atoms with Gasteiger partial charge in [-0.1, -0.05) is 30.0 Å². The summed E-state index contributed by atoms with van der Waals surface area (Å²) in [6.45, 7) is 5.17. The first-order chi connectivity index (χ1) is 13.9. The molecule has 1 aliphatic rings. The summed E-state index contributed by atoms with van der Waals surface area (Å²) in [5.74, 6) is 0.265. The third-order valence-electron chi connectivity index (χ3n) is 5.31. The lowest BCUT2D eigenvalue weighted by Crippen LogP contribution is -2.41. The van der Waals surface area contributed by atoms with Gasteiger partial charge in [-0.3, -0.25) is 4.79 Å². The van der Waals surface area contributed by atoms with Crippen molar-refractivity contribution in [1.82, 2.24) is 24.6 Å². The molecule has 10 heteroatoms. The van der Waals surface area contributed by atoms with Gasteiger partial charge in [0.2, 0.25) is 11.1 Å². The Morgan fingerprint density at radius 3 is 2.76 bits per heavy atom. The summed E-state index contributed by atoms with van der Waals surface area (Å²) >= 11 is 1.24. The summed E-state index contributed by atoms with van der Waals surface area (Å²) in [5.41, 5.74) is 2.57. The van der Waals surface area contributed by atoms with E-state index in [1.165, 1.54) is 11.8 Å². The van der Waals surface area contributed by atoms with E-state index in [9.17, 15) is 13.2 Å². The van der Waals surface area contributed by atoms with E-state index in [4.69, 9.17) is 0 Å². The number of hydrogen-bond acceptors (Lipinski definition) is 7. The number of fused-ring (bicyclic) bond motifs is 3. The number of thioether (sulfide) groups is 1. The second-order valence-corrected chi connectivity index (χ2v) is 10.2. The molecule has 0 aliphatic carbocycles. The van der Waals surface area contributed by atoms with Crippen LogP contribution in [0.25, 0.3) is 22.1 Å². The Labute approximate surface area is 173 Å². The SMILES string of the molecule is CCN(C(=O)CSc1nnc2c3ccccc3n(CC)c2n1)[C@@H]1CCS(=O)(=O)C1. The fourth-order valence-electron chi connectivity index (χ4n) is 3.94. The molecule has 0 N–H and O–H groups in total. The normalized spacial score (nSPS) is 18.5. The van der Waals surface area contributed by atoms with Crippen molar-refractivity contribution in [2.45, 2.75) is 38.0 Å². The molecule has 1 amide bonds. The smallest absolute Gasteiger partial charge is 0.233 e. The van der Waals surface area contributed by atoms with Crippen LogP contribution in [0, 0.1) is 0 Å². The predicted octanol–water partition coefficient (Wildman–Crippen LogP) is 2.13. The third kappa shape index (κ3) is 3.83. The topological polar surface area (TPSA) is 98.1 Å². The molecule has 4 rings (SSSR count). The average molecular weight is 434 g/mol. The Morgan fingerprint density at radius 1 is 1.28 bits per heavy atom. The molecule has 0 bridgehead atoms. The van der Waals surface area contributed by atoms with E-state index in [1.807, 2.05) is 31.2 Å². The summed E-state index contributed by atoms with van der Waals surface area (Å²) in [5, 5.41) is 10.0. The van der Waals surface area contributed by atoms with Gasteiger partial charge in [-0.05, 0) is 26.3 Å². The molecule has 2 aromatic heterocycles. The van der Waals surface area contributed by atoms with Crippen molar-refractivity contribution < 1.29 is 13.2 Å². The number of benzene rings is 1. The number of hydrogen-bond donors (Lipinski definition) is 0. The molecule has 29 heavy (non-hydrogen) atoms. The molecule has 8 nitrogen and oxygen atoms in total. The van der Waals surface area contributed by atoms with Gasteiger partial charge in [0, 0.05) is 24.5 Å². The van der Waals surface area contributed by atoms with Gasteiger partial charge >= 0.3 is 0 Å². The number of carbonyl (C=O) groups excluding carboxylic acids is 1. The van der Waals surface area contributed by atoms with Crippen molar-refractivity contribution in [3.63, 3.8) is 0 Å². The molecule has 1 atom stereocenters. The Kier molecular flexibility index (Phi) is 5.48. The molecule has 154 valence electrons. The highest BCUT2D eigenvalue weighted by molar-refractivity contribution is 7.99. The van der Waals surface area contributed by atoms with Crippen LogP contribution in [0.3, 0.4) is 0 Å². The molecule has 1 aromatic carbocycles. The lowest BCUT2D eigenvalue weighted by atomic mass is 10.2. The summed E-state index contributed by atoms with van der Waals surface area (Å²) in [6, 6.07) is 7.76. The van der Waals surface area contributed by atoms with E-state index < -0.39 is 9.84 Å². The van der Waals surface area contributed by atoms with E-state index in [2.05, 4.69) is 26.7 Å². The summed E-state index contributed by atoms with van der Waals surface area (Å²) in [6.07, 6.45) is 0.507. The monoisotopic (exact) mass is 433 g/mol. The van der Waals surface area contributed by atoms with Gasteiger partial charge in [0.25, 0.3) is 0 Å². The molecule has 0 spiro atoms. The van der Waals surface area contributed by atoms with Crippen molar-refractivity contribution >= 4 is 49.6 Å². The molecule has 0 saturated carbocycles. The lowest BCUT2D eigenvalue weighted by Gasteiger charge is -2.26. The van der Waals surface area contributed by atoms with Crippen LogP contribution in [0.15, 0.2) is 29.4 Å². The summed E-state index contributed by atoms with van der Waals surface area (Å²) in [7, 11) is -3.03. The zero-order valence-corrected chi connectivity index (χ0v) is 18.0.